The van der Waals surface area contributed by atoms with Crippen molar-refractivity contribution in [2.24, 2.45) is 0 Å². The molecule has 0 atom stereocenters. The quantitative estimate of drug-likeness (QED) is 0.662. The van der Waals surface area contributed by atoms with Crippen LogP contribution in [0.4, 0.5) is 0 Å². The first-order valence-electron chi connectivity index (χ1n) is 3.78. The van der Waals surface area contributed by atoms with Crippen molar-refractivity contribution in [1.82, 2.24) is 0 Å². The minimum atomic E-state index is -1.28. The Kier molecular flexibility index (Phi) is 2.71. The van der Waals surface area contributed by atoms with Gasteiger partial charge in [-0.1, -0.05) is 12.1 Å². The molecule has 1 aromatic carbocycles. The van der Waals surface area contributed by atoms with Crippen LogP contribution in [0.3, 0.4) is 0 Å². The van der Waals surface area contributed by atoms with Crippen LogP contribution in [0.25, 0.3) is 0 Å². The highest BCUT2D eigenvalue weighted by molar-refractivity contribution is 5.91. The molecule has 1 aromatic rings. The lowest BCUT2D eigenvalue weighted by atomic mass is 10.1. The number of hydrogen-bond donors (Lipinski definition) is 3. The summed E-state index contributed by atoms with van der Waals surface area (Å²) in [4.78, 5) is 20.9. The summed E-state index contributed by atoms with van der Waals surface area (Å²) < 4.78 is 0. The van der Waals surface area contributed by atoms with Crippen molar-refractivity contribution in [3.05, 3.63) is 29.3 Å². The molecule has 0 spiro atoms. The van der Waals surface area contributed by atoms with Crippen molar-refractivity contribution in [2.75, 3.05) is 0 Å². The topological polar surface area (TPSA) is 94.8 Å². The van der Waals surface area contributed by atoms with Gasteiger partial charge in [0, 0.05) is 5.56 Å². The van der Waals surface area contributed by atoms with Gasteiger partial charge in [0.25, 0.3) is 0 Å². The number of hydrogen-bond acceptors (Lipinski definition) is 3. The van der Waals surface area contributed by atoms with Gasteiger partial charge in [0.2, 0.25) is 0 Å². The molecule has 0 unspecified atom stereocenters. The molecule has 0 saturated heterocycles. The van der Waals surface area contributed by atoms with E-state index in [0.717, 1.165) is 0 Å². The third-order valence-electron chi connectivity index (χ3n) is 1.69. The lowest BCUT2D eigenvalue weighted by Gasteiger charge is -2.04. The van der Waals surface area contributed by atoms with Gasteiger partial charge in [0.05, 0.1) is 6.42 Å². The number of para-hydroxylation sites is 1. The Morgan fingerprint density at radius 2 is 1.86 bits per heavy atom. The molecule has 0 heterocycles. The van der Waals surface area contributed by atoms with E-state index in [0.29, 0.717) is 0 Å². The van der Waals surface area contributed by atoms with Crippen molar-refractivity contribution in [3.8, 4) is 5.75 Å². The first kappa shape index (κ1) is 10.0. The minimum Gasteiger partial charge on any atom is -0.507 e. The van der Waals surface area contributed by atoms with E-state index in [1.165, 1.54) is 18.2 Å². The molecule has 0 aromatic heterocycles. The number of aromatic hydroxyl groups is 1. The number of benzene rings is 1. The summed E-state index contributed by atoms with van der Waals surface area (Å²) in [7, 11) is 0. The Morgan fingerprint density at radius 1 is 1.21 bits per heavy atom. The van der Waals surface area contributed by atoms with Crippen LogP contribution >= 0.6 is 0 Å². The molecule has 0 aliphatic carbocycles. The maximum absolute atomic E-state index is 10.6. The number of rotatable bonds is 3. The minimum absolute atomic E-state index is 0.0948. The highest BCUT2D eigenvalue weighted by Crippen LogP contribution is 2.22. The monoisotopic (exact) mass is 196 g/mol. The molecule has 14 heavy (non-hydrogen) atoms. The fourth-order valence-corrected chi connectivity index (χ4v) is 1.07. The fraction of sp³-hybridized carbons (Fsp3) is 0.111. The summed E-state index contributed by atoms with van der Waals surface area (Å²) in [5.74, 6) is -2.89. The van der Waals surface area contributed by atoms with Crippen LogP contribution in [-0.4, -0.2) is 27.3 Å². The molecule has 0 aliphatic heterocycles. The van der Waals surface area contributed by atoms with Crippen molar-refractivity contribution in [3.63, 3.8) is 0 Å². The molecule has 0 fully saturated rings. The highest BCUT2D eigenvalue weighted by Gasteiger charge is 2.14. The van der Waals surface area contributed by atoms with Crippen molar-refractivity contribution < 1.29 is 24.9 Å². The molecular formula is C9H8O5. The van der Waals surface area contributed by atoms with Crippen molar-refractivity contribution in [1.29, 1.82) is 0 Å². The second-order valence-electron chi connectivity index (χ2n) is 2.69. The number of aliphatic carboxylic acids is 1. The van der Waals surface area contributed by atoms with Gasteiger partial charge < -0.3 is 15.3 Å². The number of carboxylic acid groups (broad SMARTS) is 2. The third-order valence-corrected chi connectivity index (χ3v) is 1.69. The van der Waals surface area contributed by atoms with Crippen LogP contribution in [0.15, 0.2) is 18.2 Å². The summed E-state index contributed by atoms with van der Waals surface area (Å²) in [6, 6.07) is 3.97. The Bertz CT molecular complexity index is 383. The van der Waals surface area contributed by atoms with Gasteiger partial charge in [-0.15, -0.1) is 0 Å². The smallest absolute Gasteiger partial charge is 0.339 e. The van der Waals surface area contributed by atoms with Gasteiger partial charge in [-0.3, -0.25) is 4.79 Å². The Hall–Kier alpha value is -2.04. The zero-order chi connectivity index (χ0) is 10.7. The molecule has 1 rings (SSSR count). The summed E-state index contributed by atoms with van der Waals surface area (Å²) in [5.41, 5.74) is -0.193. The van der Waals surface area contributed by atoms with E-state index in [1.54, 1.807) is 0 Å². The molecule has 0 saturated carbocycles. The van der Waals surface area contributed by atoms with E-state index >= 15 is 0 Å². The van der Waals surface area contributed by atoms with Crippen molar-refractivity contribution in [2.45, 2.75) is 6.42 Å². The van der Waals surface area contributed by atoms with Crippen LogP contribution in [-0.2, 0) is 11.2 Å². The summed E-state index contributed by atoms with van der Waals surface area (Å²) in [6.07, 6.45) is -0.396. The van der Waals surface area contributed by atoms with Crippen LogP contribution in [0.2, 0.25) is 0 Å². The predicted molar refractivity (Wildman–Crippen MR) is 46.4 cm³/mol. The van der Waals surface area contributed by atoms with E-state index in [9.17, 15) is 14.7 Å². The van der Waals surface area contributed by atoms with E-state index in [1.807, 2.05) is 0 Å². The maximum atomic E-state index is 10.6. The number of phenols is 1. The van der Waals surface area contributed by atoms with Crippen LogP contribution < -0.4 is 0 Å². The van der Waals surface area contributed by atoms with E-state index in [4.69, 9.17) is 10.2 Å². The molecule has 3 N–H and O–H groups in total. The van der Waals surface area contributed by atoms with Gasteiger partial charge in [-0.05, 0) is 6.07 Å². The average Bonchev–Trinajstić information content (AvgIpc) is 2.07. The fourth-order valence-electron chi connectivity index (χ4n) is 1.07. The van der Waals surface area contributed by atoms with Crippen LogP contribution in [0, 0.1) is 0 Å². The third kappa shape index (κ3) is 2.01. The van der Waals surface area contributed by atoms with Gasteiger partial charge in [-0.2, -0.15) is 0 Å². The van der Waals surface area contributed by atoms with Crippen LogP contribution in [0.5, 0.6) is 5.75 Å². The second kappa shape index (κ2) is 3.78. The molecule has 0 aliphatic rings. The van der Waals surface area contributed by atoms with Gasteiger partial charge in [0.15, 0.2) is 0 Å². The SMILES string of the molecule is O=C(O)Cc1cccc(C(=O)O)c1O. The van der Waals surface area contributed by atoms with Crippen LogP contribution in [0.1, 0.15) is 15.9 Å². The first-order valence-corrected chi connectivity index (χ1v) is 3.78. The van der Waals surface area contributed by atoms with Gasteiger partial charge in [-0.25, -0.2) is 4.79 Å². The lowest BCUT2D eigenvalue weighted by molar-refractivity contribution is -0.136. The summed E-state index contributed by atoms with van der Waals surface area (Å²) in [6.45, 7) is 0. The van der Waals surface area contributed by atoms with Gasteiger partial charge >= 0.3 is 11.9 Å². The van der Waals surface area contributed by atoms with Gasteiger partial charge in [0.1, 0.15) is 11.3 Å². The lowest BCUT2D eigenvalue weighted by Crippen LogP contribution is -2.03. The van der Waals surface area contributed by atoms with E-state index in [-0.39, 0.29) is 11.1 Å². The zero-order valence-corrected chi connectivity index (χ0v) is 7.10. The molecule has 5 nitrogen and oxygen atoms in total. The first-order chi connectivity index (χ1) is 6.52. The normalized spacial score (nSPS) is 9.71. The number of aromatic carboxylic acids is 1. The second-order valence-corrected chi connectivity index (χ2v) is 2.69. The average molecular weight is 196 g/mol. The predicted octanol–water partition coefficient (Wildman–Crippen LogP) is 0.718. The zero-order valence-electron chi connectivity index (χ0n) is 7.10. The standard InChI is InChI=1S/C9H8O5/c10-7(11)4-5-2-1-3-6(8(5)12)9(13)14/h1-3,12H,4H2,(H,10,11)(H,13,14). The highest BCUT2D eigenvalue weighted by atomic mass is 16.4. The Labute approximate surface area is 79.2 Å². The molecular weight excluding hydrogens is 188 g/mol. The van der Waals surface area contributed by atoms with E-state index < -0.39 is 24.1 Å². The van der Waals surface area contributed by atoms with E-state index in [2.05, 4.69) is 0 Å². The number of carbonyl (C=O) groups is 2. The summed E-state index contributed by atoms with van der Waals surface area (Å²) in [5, 5.41) is 26.4. The molecule has 0 radical (unpaired) electrons. The Balaban J connectivity index is 3.13. The van der Waals surface area contributed by atoms with Crippen molar-refractivity contribution >= 4 is 11.9 Å². The summed E-state index contributed by atoms with van der Waals surface area (Å²) >= 11 is 0. The molecule has 5 heteroatoms. The molecule has 0 amide bonds. The number of carboxylic acids is 2. The molecule has 0 bridgehead atoms. The largest absolute Gasteiger partial charge is 0.507 e. The maximum Gasteiger partial charge on any atom is 0.339 e. The molecule has 74 valence electrons. The Morgan fingerprint density at radius 3 is 2.36 bits per heavy atom.